The number of hydrogen-bond acceptors (Lipinski definition) is 2. The number of carbonyl (C=O) groups is 2. The molecule has 0 saturated heterocycles. The molecule has 0 radical (unpaired) electrons. The van der Waals surface area contributed by atoms with Crippen molar-refractivity contribution in [3.63, 3.8) is 0 Å². The standard InChI is InChI=1S/C11H21N3O3/c1-7(2)12-10(15)13-8-3-5-9(6-4-8)14-11(16)17/h7-9,14H,3-6H2,1-2H3,(H,16,17)(H2,12,13,15). The van der Waals surface area contributed by atoms with Crippen LogP contribution in [-0.2, 0) is 0 Å². The van der Waals surface area contributed by atoms with Gasteiger partial charge in [0.05, 0.1) is 0 Å². The summed E-state index contributed by atoms with van der Waals surface area (Å²) in [5, 5.41) is 16.7. The van der Waals surface area contributed by atoms with E-state index in [2.05, 4.69) is 16.0 Å². The molecule has 1 aliphatic carbocycles. The van der Waals surface area contributed by atoms with Gasteiger partial charge in [-0.3, -0.25) is 0 Å². The molecule has 0 bridgehead atoms. The molecule has 0 aliphatic heterocycles. The predicted octanol–water partition coefficient (Wildman–Crippen LogP) is 1.27. The van der Waals surface area contributed by atoms with Crippen LogP contribution in [0.25, 0.3) is 0 Å². The largest absolute Gasteiger partial charge is 0.465 e. The summed E-state index contributed by atoms with van der Waals surface area (Å²) in [5.74, 6) is 0. The Morgan fingerprint density at radius 3 is 1.94 bits per heavy atom. The third-order valence-corrected chi connectivity index (χ3v) is 2.81. The van der Waals surface area contributed by atoms with E-state index in [1.165, 1.54) is 0 Å². The maximum Gasteiger partial charge on any atom is 0.404 e. The molecule has 6 nitrogen and oxygen atoms in total. The topological polar surface area (TPSA) is 90.5 Å². The Hall–Kier alpha value is -1.46. The highest BCUT2D eigenvalue weighted by atomic mass is 16.4. The Kier molecular flexibility index (Phi) is 5.06. The summed E-state index contributed by atoms with van der Waals surface area (Å²) in [6.07, 6.45) is 2.21. The lowest BCUT2D eigenvalue weighted by Gasteiger charge is -2.29. The van der Waals surface area contributed by atoms with Crippen LogP contribution in [0.3, 0.4) is 0 Å². The highest BCUT2D eigenvalue weighted by Gasteiger charge is 2.23. The van der Waals surface area contributed by atoms with Crippen molar-refractivity contribution in [1.29, 1.82) is 0 Å². The molecule has 0 aromatic rings. The summed E-state index contributed by atoms with van der Waals surface area (Å²) in [4.78, 5) is 21.9. The van der Waals surface area contributed by atoms with Gasteiger partial charge in [0.1, 0.15) is 0 Å². The Balaban J connectivity index is 2.23. The second kappa shape index (κ2) is 6.32. The number of carbonyl (C=O) groups excluding carboxylic acids is 1. The molecule has 0 heterocycles. The molecule has 1 aliphatic rings. The number of urea groups is 1. The molecule has 0 unspecified atom stereocenters. The second-order valence-corrected chi connectivity index (χ2v) is 4.77. The molecule has 4 N–H and O–H groups in total. The number of carboxylic acid groups (broad SMARTS) is 1. The number of rotatable bonds is 3. The Labute approximate surface area is 101 Å². The first-order valence-corrected chi connectivity index (χ1v) is 6.04. The van der Waals surface area contributed by atoms with E-state index in [0.717, 1.165) is 25.7 Å². The first-order chi connectivity index (χ1) is 7.97. The number of hydrogen-bond donors (Lipinski definition) is 4. The van der Waals surface area contributed by atoms with Crippen LogP contribution in [0.2, 0.25) is 0 Å². The first-order valence-electron chi connectivity index (χ1n) is 6.04. The van der Waals surface area contributed by atoms with Gasteiger partial charge in [0, 0.05) is 18.1 Å². The van der Waals surface area contributed by atoms with E-state index < -0.39 is 6.09 Å². The number of amides is 3. The third-order valence-electron chi connectivity index (χ3n) is 2.81. The van der Waals surface area contributed by atoms with E-state index in [1.807, 2.05) is 13.8 Å². The molecule has 0 aromatic heterocycles. The van der Waals surface area contributed by atoms with Crippen LogP contribution in [0.15, 0.2) is 0 Å². The smallest absolute Gasteiger partial charge is 0.404 e. The SMILES string of the molecule is CC(C)NC(=O)NC1CCC(NC(=O)O)CC1. The first kappa shape index (κ1) is 13.6. The maximum absolute atomic E-state index is 11.4. The molecule has 0 spiro atoms. The zero-order chi connectivity index (χ0) is 12.8. The summed E-state index contributed by atoms with van der Waals surface area (Å²) >= 11 is 0. The van der Waals surface area contributed by atoms with Crippen molar-refractivity contribution >= 4 is 12.1 Å². The fourth-order valence-electron chi connectivity index (χ4n) is 2.05. The molecule has 6 heteroatoms. The Morgan fingerprint density at radius 1 is 1.06 bits per heavy atom. The zero-order valence-corrected chi connectivity index (χ0v) is 10.3. The van der Waals surface area contributed by atoms with Crippen LogP contribution in [0.1, 0.15) is 39.5 Å². The van der Waals surface area contributed by atoms with Crippen molar-refractivity contribution < 1.29 is 14.7 Å². The summed E-state index contributed by atoms with van der Waals surface area (Å²) in [5.41, 5.74) is 0. The zero-order valence-electron chi connectivity index (χ0n) is 10.3. The minimum Gasteiger partial charge on any atom is -0.465 e. The molecule has 0 atom stereocenters. The quantitative estimate of drug-likeness (QED) is 0.601. The van der Waals surface area contributed by atoms with Gasteiger partial charge >= 0.3 is 12.1 Å². The summed E-state index contributed by atoms with van der Waals surface area (Å²) < 4.78 is 0. The van der Waals surface area contributed by atoms with Gasteiger partial charge in [0.25, 0.3) is 0 Å². The van der Waals surface area contributed by atoms with E-state index in [4.69, 9.17) is 5.11 Å². The van der Waals surface area contributed by atoms with Gasteiger partial charge in [0.2, 0.25) is 0 Å². The van der Waals surface area contributed by atoms with Crippen molar-refractivity contribution in [3.05, 3.63) is 0 Å². The summed E-state index contributed by atoms with van der Waals surface area (Å²) in [6, 6.07) is 0.161. The van der Waals surface area contributed by atoms with Gasteiger partial charge in [-0.25, -0.2) is 9.59 Å². The highest BCUT2D eigenvalue weighted by Crippen LogP contribution is 2.18. The average Bonchev–Trinajstić information content (AvgIpc) is 2.18. The van der Waals surface area contributed by atoms with Gasteiger partial charge < -0.3 is 21.1 Å². The fraction of sp³-hybridized carbons (Fsp3) is 0.818. The molecule has 3 amide bonds. The average molecular weight is 243 g/mol. The van der Waals surface area contributed by atoms with Crippen molar-refractivity contribution in [2.24, 2.45) is 0 Å². The highest BCUT2D eigenvalue weighted by molar-refractivity contribution is 5.74. The Bertz CT molecular complexity index is 273. The third kappa shape index (κ3) is 5.42. The van der Waals surface area contributed by atoms with Crippen LogP contribution in [0, 0.1) is 0 Å². The van der Waals surface area contributed by atoms with Crippen molar-refractivity contribution in [3.8, 4) is 0 Å². The van der Waals surface area contributed by atoms with Crippen LogP contribution in [0.4, 0.5) is 9.59 Å². The van der Waals surface area contributed by atoms with Gasteiger partial charge in [-0.1, -0.05) is 0 Å². The van der Waals surface area contributed by atoms with Gasteiger partial charge in [-0.05, 0) is 39.5 Å². The van der Waals surface area contributed by atoms with Crippen LogP contribution >= 0.6 is 0 Å². The van der Waals surface area contributed by atoms with Gasteiger partial charge in [-0.15, -0.1) is 0 Å². The maximum atomic E-state index is 11.4. The molecule has 1 saturated carbocycles. The fourth-order valence-corrected chi connectivity index (χ4v) is 2.05. The molecule has 1 rings (SSSR count). The lowest BCUT2D eigenvalue weighted by atomic mass is 9.91. The summed E-state index contributed by atoms with van der Waals surface area (Å²) in [6.45, 7) is 3.82. The van der Waals surface area contributed by atoms with Crippen molar-refractivity contribution in [2.45, 2.75) is 57.7 Å². The van der Waals surface area contributed by atoms with E-state index in [0.29, 0.717) is 0 Å². The normalized spacial score (nSPS) is 24.2. The lowest BCUT2D eigenvalue weighted by molar-refractivity contribution is 0.183. The van der Waals surface area contributed by atoms with Gasteiger partial charge in [0.15, 0.2) is 0 Å². The monoisotopic (exact) mass is 243 g/mol. The van der Waals surface area contributed by atoms with E-state index in [9.17, 15) is 9.59 Å². The number of nitrogens with one attached hydrogen (secondary N) is 3. The van der Waals surface area contributed by atoms with E-state index in [-0.39, 0.29) is 24.2 Å². The molecule has 0 aromatic carbocycles. The van der Waals surface area contributed by atoms with Crippen LogP contribution < -0.4 is 16.0 Å². The molecular weight excluding hydrogens is 222 g/mol. The Morgan fingerprint density at radius 2 is 1.53 bits per heavy atom. The van der Waals surface area contributed by atoms with Crippen LogP contribution in [0.5, 0.6) is 0 Å². The van der Waals surface area contributed by atoms with Gasteiger partial charge in [-0.2, -0.15) is 0 Å². The summed E-state index contributed by atoms with van der Waals surface area (Å²) in [7, 11) is 0. The predicted molar refractivity (Wildman–Crippen MR) is 64.0 cm³/mol. The molecule has 98 valence electrons. The second-order valence-electron chi connectivity index (χ2n) is 4.77. The molecule has 17 heavy (non-hydrogen) atoms. The van der Waals surface area contributed by atoms with Crippen molar-refractivity contribution in [1.82, 2.24) is 16.0 Å². The van der Waals surface area contributed by atoms with E-state index >= 15 is 0 Å². The lowest BCUT2D eigenvalue weighted by Crippen LogP contribution is -2.47. The molecule has 1 fully saturated rings. The minimum atomic E-state index is -0.973. The van der Waals surface area contributed by atoms with E-state index in [1.54, 1.807) is 0 Å². The van der Waals surface area contributed by atoms with Crippen LogP contribution in [-0.4, -0.2) is 35.4 Å². The van der Waals surface area contributed by atoms with Crippen molar-refractivity contribution in [2.75, 3.05) is 0 Å². The minimum absolute atomic E-state index is 0.0266. The molecular formula is C11H21N3O3.